The first-order chi connectivity index (χ1) is 31.3. The van der Waals surface area contributed by atoms with Crippen LogP contribution in [0.2, 0.25) is 13.1 Å². The predicted octanol–water partition coefficient (Wildman–Crippen LogP) is 15.8. The SMILES string of the molecule is Cc1cc2c(-c3ccc4c(c3)c3ccccc3n4-c3ccccc3)cccc2[c-]1[Si](C)(C)[c-]1c(C)cc2c(-c3ccc4c(c3)c3ccccc3n4-c3ccccc3)cccc21.[Cl][Zr+2][Cl]. The fourth-order valence-electron chi connectivity index (χ4n) is 11.2. The quantitative estimate of drug-likeness (QED) is 0.116. The number of halogens is 2. The molecule has 6 heteroatoms. The number of rotatable bonds is 6. The average Bonchev–Trinajstić information content (AvgIpc) is 4.06. The van der Waals surface area contributed by atoms with Gasteiger partial charge in [0, 0.05) is 41.0 Å². The fourth-order valence-corrected chi connectivity index (χ4v) is 15.3. The Kier molecular flexibility index (Phi) is 10.5. The molecule has 0 bridgehead atoms. The van der Waals surface area contributed by atoms with E-state index in [1.54, 1.807) is 10.4 Å². The number of nitrogens with zero attached hydrogens (tertiary/aromatic N) is 2. The van der Waals surface area contributed by atoms with Crippen LogP contribution in [0.5, 0.6) is 0 Å². The van der Waals surface area contributed by atoms with E-state index in [0.29, 0.717) is 0 Å². The van der Waals surface area contributed by atoms with Crippen molar-refractivity contribution in [2.75, 3.05) is 0 Å². The Morgan fingerprint density at radius 1 is 0.391 bits per heavy atom. The molecule has 10 aromatic carbocycles. The van der Waals surface area contributed by atoms with Gasteiger partial charge in [-0.2, -0.15) is 12.1 Å². The van der Waals surface area contributed by atoms with Gasteiger partial charge in [0.05, 0.1) is 22.1 Å². The average molecular weight is 959 g/mol. The Morgan fingerprint density at radius 3 is 1.19 bits per heavy atom. The van der Waals surface area contributed by atoms with Crippen molar-refractivity contribution < 1.29 is 20.8 Å². The number of benzene rings is 8. The molecule has 12 rings (SSSR count). The van der Waals surface area contributed by atoms with Crippen LogP contribution in [0.25, 0.3) is 98.8 Å². The van der Waals surface area contributed by atoms with Gasteiger partial charge in [0.2, 0.25) is 0 Å². The van der Waals surface area contributed by atoms with Gasteiger partial charge >= 0.3 is 37.9 Å². The van der Waals surface area contributed by atoms with Gasteiger partial charge in [-0.1, -0.05) is 135 Å². The first-order valence-electron chi connectivity index (χ1n) is 21.8. The summed E-state index contributed by atoms with van der Waals surface area (Å²) in [6.07, 6.45) is 0. The van der Waals surface area contributed by atoms with Gasteiger partial charge in [0.25, 0.3) is 0 Å². The molecular formula is C58H44Cl2N2SiZr. The number of aromatic nitrogens is 2. The number of fused-ring (bicyclic) bond motifs is 8. The van der Waals surface area contributed by atoms with Gasteiger partial charge < -0.3 is 9.13 Å². The van der Waals surface area contributed by atoms with Crippen LogP contribution < -0.4 is 10.4 Å². The van der Waals surface area contributed by atoms with Crippen LogP contribution in [0.1, 0.15) is 11.1 Å². The molecule has 0 radical (unpaired) electrons. The molecule has 0 atom stereocenters. The van der Waals surface area contributed by atoms with Gasteiger partial charge in [-0.15, -0.1) is 67.3 Å². The van der Waals surface area contributed by atoms with Crippen molar-refractivity contribution in [2.45, 2.75) is 26.9 Å². The van der Waals surface area contributed by atoms with Crippen molar-refractivity contribution in [3.05, 3.63) is 205 Å². The van der Waals surface area contributed by atoms with E-state index in [0.717, 1.165) is 0 Å². The molecular weight excluding hydrogens is 915 g/mol. The molecule has 0 aliphatic heterocycles. The Balaban J connectivity index is 0.00000148. The molecule has 2 heterocycles. The van der Waals surface area contributed by atoms with Crippen molar-refractivity contribution in [1.29, 1.82) is 0 Å². The molecule has 12 aromatic rings. The summed E-state index contributed by atoms with van der Waals surface area (Å²) in [4.78, 5) is 0. The van der Waals surface area contributed by atoms with E-state index in [9.17, 15) is 0 Å². The van der Waals surface area contributed by atoms with Gasteiger partial charge in [0.1, 0.15) is 0 Å². The molecule has 0 fully saturated rings. The first kappa shape index (κ1) is 41.0. The zero-order chi connectivity index (χ0) is 43.7. The van der Waals surface area contributed by atoms with E-state index < -0.39 is 28.9 Å². The molecule has 0 N–H and O–H groups in total. The summed E-state index contributed by atoms with van der Waals surface area (Å²) in [6.45, 7) is 9.84. The summed E-state index contributed by atoms with van der Waals surface area (Å²) in [7, 11) is 7.62. The summed E-state index contributed by atoms with van der Waals surface area (Å²) in [6, 6.07) is 72.1. The summed E-state index contributed by atoms with van der Waals surface area (Å²) in [5.74, 6) is 0. The van der Waals surface area contributed by atoms with Crippen LogP contribution in [0, 0.1) is 13.8 Å². The van der Waals surface area contributed by atoms with E-state index in [1.807, 2.05) is 0 Å². The van der Waals surface area contributed by atoms with E-state index in [4.69, 9.17) is 17.0 Å². The van der Waals surface area contributed by atoms with Gasteiger partial charge in [-0.05, 0) is 71.8 Å². The van der Waals surface area contributed by atoms with Crippen molar-refractivity contribution in [2.24, 2.45) is 0 Å². The van der Waals surface area contributed by atoms with E-state index in [2.05, 4.69) is 230 Å². The van der Waals surface area contributed by atoms with Crippen molar-refractivity contribution in [3.8, 4) is 33.6 Å². The van der Waals surface area contributed by atoms with Crippen LogP contribution in [0.15, 0.2) is 194 Å². The Bertz CT molecular complexity index is 3480. The summed E-state index contributed by atoms with van der Waals surface area (Å²) in [5, 5.41) is 13.7. The minimum atomic E-state index is -2.25. The van der Waals surface area contributed by atoms with Crippen LogP contribution in [0.4, 0.5) is 0 Å². The van der Waals surface area contributed by atoms with Crippen molar-refractivity contribution in [3.63, 3.8) is 0 Å². The number of hydrogen-bond donors (Lipinski definition) is 0. The van der Waals surface area contributed by atoms with E-state index in [-0.39, 0.29) is 0 Å². The monoisotopic (exact) mass is 956 g/mol. The predicted molar refractivity (Wildman–Crippen MR) is 277 cm³/mol. The molecule has 0 amide bonds. The van der Waals surface area contributed by atoms with E-state index >= 15 is 0 Å². The standard InChI is InChI=1S/C58H44N2Si.2ClH.Zr/c1-37-33-49-43(39-29-31-55-51(35-39)45-21-11-13-27-53(45)59(55)41-17-7-5-8-18-41)23-15-25-47(49)57(37)61(3,4)58-38(2)34-50-44(24-16-26-48(50)58)40-30-32-56-52(36-40)46-22-12-14-28-54(46)60(56)42-19-9-6-10-20-42;;;/h5-36H,1-4H3;2*1H;/q-2;;;+4/p-2. The Morgan fingerprint density at radius 2 is 0.766 bits per heavy atom. The van der Waals surface area contributed by atoms with Crippen molar-refractivity contribution >= 4 is 101 Å². The molecule has 308 valence electrons. The second-order valence-corrected chi connectivity index (χ2v) is 25.5. The second-order valence-electron chi connectivity index (χ2n) is 17.5. The third-order valence-corrected chi connectivity index (χ3v) is 17.3. The van der Waals surface area contributed by atoms with Gasteiger partial charge in [0.15, 0.2) is 0 Å². The molecule has 0 spiro atoms. The third-order valence-electron chi connectivity index (χ3n) is 13.5. The summed E-state index contributed by atoms with van der Waals surface area (Å²) < 4.78 is 4.79. The van der Waals surface area contributed by atoms with Crippen LogP contribution in [-0.4, -0.2) is 17.2 Å². The second kappa shape index (κ2) is 16.4. The third kappa shape index (κ3) is 6.53. The van der Waals surface area contributed by atoms with Gasteiger partial charge in [-0.3, -0.25) is 0 Å². The minimum absolute atomic E-state index is 0.826. The topological polar surface area (TPSA) is 9.86 Å². The Hall–Kier alpha value is -5.74. The summed E-state index contributed by atoms with van der Waals surface area (Å²) >= 11 is -0.826. The number of aryl methyl sites for hydroxylation is 2. The molecule has 0 aliphatic rings. The Labute approximate surface area is 393 Å². The van der Waals surface area contributed by atoms with Crippen LogP contribution in [0.3, 0.4) is 0 Å². The fraction of sp³-hybridized carbons (Fsp3) is 0.0690. The number of para-hydroxylation sites is 4. The van der Waals surface area contributed by atoms with Crippen LogP contribution >= 0.6 is 17.0 Å². The maximum atomic E-state index is 4.93. The zero-order valence-corrected chi connectivity index (χ0v) is 41.1. The molecule has 2 nitrogen and oxygen atoms in total. The summed E-state index contributed by atoms with van der Waals surface area (Å²) in [5.41, 5.74) is 15.2. The molecule has 0 saturated carbocycles. The molecule has 0 saturated heterocycles. The first-order valence-corrected chi connectivity index (χ1v) is 31.1. The number of hydrogen-bond acceptors (Lipinski definition) is 0. The maximum absolute atomic E-state index is 4.93. The van der Waals surface area contributed by atoms with Crippen LogP contribution in [-0.2, 0) is 20.8 Å². The zero-order valence-electron chi connectivity index (χ0n) is 36.1. The molecule has 0 unspecified atom stereocenters. The molecule has 2 aromatic heterocycles. The molecule has 0 aliphatic carbocycles. The van der Waals surface area contributed by atoms with E-state index in [1.165, 1.54) is 110 Å². The normalized spacial score (nSPS) is 11.8. The van der Waals surface area contributed by atoms with Crippen molar-refractivity contribution in [1.82, 2.24) is 9.13 Å². The molecule has 64 heavy (non-hydrogen) atoms. The van der Waals surface area contributed by atoms with Gasteiger partial charge in [-0.25, -0.2) is 0 Å².